The van der Waals surface area contributed by atoms with Gasteiger partial charge in [0.15, 0.2) is 0 Å². The molecule has 1 aliphatic carbocycles. The normalized spacial score (nSPS) is 16.3. The number of hydrogen-bond acceptors (Lipinski definition) is 3. The molecule has 0 bridgehead atoms. The van der Waals surface area contributed by atoms with Crippen molar-refractivity contribution in [3.63, 3.8) is 0 Å². The van der Waals surface area contributed by atoms with Crippen LogP contribution in [0.1, 0.15) is 30.2 Å². The number of nitrogens with zero attached hydrogens (tertiary/aromatic N) is 1. The Morgan fingerprint density at radius 2 is 2.50 bits per heavy atom. The van der Waals surface area contributed by atoms with E-state index in [0.29, 0.717) is 11.7 Å². The summed E-state index contributed by atoms with van der Waals surface area (Å²) in [5.74, 6) is 0.0918. The summed E-state index contributed by atoms with van der Waals surface area (Å²) in [6.45, 7) is 0. The molecule has 0 atom stereocenters. The molecular formula is C8H9NO3. The van der Waals surface area contributed by atoms with E-state index in [1.165, 1.54) is 0 Å². The predicted octanol–water partition coefficient (Wildman–Crippen LogP) is 1.18. The van der Waals surface area contributed by atoms with Crippen molar-refractivity contribution in [2.75, 3.05) is 0 Å². The molecule has 1 aliphatic rings. The van der Waals surface area contributed by atoms with Gasteiger partial charge in [-0.2, -0.15) is 0 Å². The average Bonchev–Trinajstić information content (AvgIpc) is 2.73. The lowest BCUT2D eigenvalue weighted by Crippen LogP contribution is -1.97. The van der Waals surface area contributed by atoms with Crippen LogP contribution in [0.2, 0.25) is 0 Å². The zero-order chi connectivity index (χ0) is 8.55. The summed E-state index contributed by atoms with van der Waals surface area (Å²) in [5.41, 5.74) is 0.909. The molecule has 0 amide bonds. The Morgan fingerprint density at radius 1 is 1.75 bits per heavy atom. The summed E-state index contributed by atoms with van der Waals surface area (Å²) >= 11 is 0. The fourth-order valence-corrected chi connectivity index (χ4v) is 1.13. The third kappa shape index (κ3) is 1.47. The molecule has 4 heteroatoms. The molecule has 4 nitrogen and oxygen atoms in total. The predicted molar refractivity (Wildman–Crippen MR) is 39.8 cm³/mol. The zero-order valence-electron chi connectivity index (χ0n) is 6.49. The molecule has 0 unspecified atom stereocenters. The molecule has 0 saturated heterocycles. The van der Waals surface area contributed by atoms with Gasteiger partial charge in [-0.05, 0) is 12.8 Å². The summed E-state index contributed by atoms with van der Waals surface area (Å²) < 4.78 is 4.85. The third-order valence-corrected chi connectivity index (χ3v) is 1.90. The van der Waals surface area contributed by atoms with E-state index in [1.54, 1.807) is 6.07 Å². The minimum Gasteiger partial charge on any atom is -0.481 e. The maximum absolute atomic E-state index is 10.3. The van der Waals surface area contributed by atoms with Crippen LogP contribution in [0, 0.1) is 0 Å². The second-order valence-electron chi connectivity index (χ2n) is 3.06. The van der Waals surface area contributed by atoms with Gasteiger partial charge in [0.25, 0.3) is 0 Å². The number of aromatic nitrogens is 1. The summed E-state index contributed by atoms with van der Waals surface area (Å²) in [7, 11) is 0. The Hall–Kier alpha value is -1.32. The smallest absolute Gasteiger partial charge is 0.311 e. The first kappa shape index (κ1) is 7.34. The standard InChI is InChI=1S/C8H9NO3/c10-8(11)4-6-3-7(9-12-6)5-1-2-5/h3,5H,1-2,4H2,(H,10,11). The van der Waals surface area contributed by atoms with Crippen molar-refractivity contribution in [1.29, 1.82) is 0 Å². The monoisotopic (exact) mass is 167 g/mol. The van der Waals surface area contributed by atoms with Gasteiger partial charge in [0.05, 0.1) is 5.69 Å². The van der Waals surface area contributed by atoms with E-state index in [0.717, 1.165) is 18.5 Å². The maximum Gasteiger partial charge on any atom is 0.311 e. The SMILES string of the molecule is O=C(O)Cc1cc(C2CC2)no1. The van der Waals surface area contributed by atoms with Crippen molar-refractivity contribution in [1.82, 2.24) is 5.16 Å². The molecule has 1 heterocycles. The Balaban J connectivity index is 2.07. The van der Waals surface area contributed by atoms with E-state index in [-0.39, 0.29) is 6.42 Å². The number of hydrogen-bond donors (Lipinski definition) is 1. The molecule has 1 fully saturated rings. The van der Waals surface area contributed by atoms with Crippen LogP contribution in [0.15, 0.2) is 10.6 Å². The minimum atomic E-state index is -0.881. The molecule has 1 N–H and O–H groups in total. The summed E-state index contributed by atoms with van der Waals surface area (Å²) in [6.07, 6.45) is 2.23. The van der Waals surface area contributed by atoms with Gasteiger partial charge in [-0.25, -0.2) is 0 Å². The average molecular weight is 167 g/mol. The van der Waals surface area contributed by atoms with Crippen LogP contribution in [-0.2, 0) is 11.2 Å². The van der Waals surface area contributed by atoms with Gasteiger partial charge in [0.1, 0.15) is 12.2 Å². The zero-order valence-corrected chi connectivity index (χ0v) is 6.49. The van der Waals surface area contributed by atoms with Crippen molar-refractivity contribution in [2.24, 2.45) is 0 Å². The fraction of sp³-hybridized carbons (Fsp3) is 0.500. The van der Waals surface area contributed by atoms with E-state index in [4.69, 9.17) is 9.63 Å². The second kappa shape index (κ2) is 2.62. The Morgan fingerprint density at radius 3 is 3.08 bits per heavy atom. The van der Waals surface area contributed by atoms with Gasteiger partial charge in [-0.3, -0.25) is 4.79 Å². The Kier molecular flexibility index (Phi) is 1.60. The van der Waals surface area contributed by atoms with Gasteiger partial charge in [-0.1, -0.05) is 5.16 Å². The summed E-state index contributed by atoms with van der Waals surface area (Å²) in [6, 6.07) is 1.74. The van der Waals surface area contributed by atoms with Crippen LogP contribution >= 0.6 is 0 Å². The lowest BCUT2D eigenvalue weighted by molar-refractivity contribution is -0.136. The highest BCUT2D eigenvalue weighted by molar-refractivity contribution is 5.69. The van der Waals surface area contributed by atoms with Gasteiger partial charge >= 0.3 is 5.97 Å². The third-order valence-electron chi connectivity index (χ3n) is 1.90. The van der Waals surface area contributed by atoms with Crippen LogP contribution in [0.25, 0.3) is 0 Å². The molecule has 0 aromatic carbocycles. The molecule has 0 aliphatic heterocycles. The molecule has 0 spiro atoms. The van der Waals surface area contributed by atoms with Crippen LogP contribution in [0.5, 0.6) is 0 Å². The number of carbonyl (C=O) groups is 1. The van der Waals surface area contributed by atoms with Crippen LogP contribution in [0.4, 0.5) is 0 Å². The first-order valence-corrected chi connectivity index (χ1v) is 3.93. The van der Waals surface area contributed by atoms with E-state index in [1.807, 2.05) is 0 Å². The van der Waals surface area contributed by atoms with Crippen LogP contribution in [-0.4, -0.2) is 16.2 Å². The topological polar surface area (TPSA) is 63.3 Å². The van der Waals surface area contributed by atoms with E-state index >= 15 is 0 Å². The lowest BCUT2D eigenvalue weighted by Gasteiger charge is -1.83. The van der Waals surface area contributed by atoms with Crippen molar-refractivity contribution in [2.45, 2.75) is 25.2 Å². The highest BCUT2D eigenvalue weighted by atomic mass is 16.5. The highest BCUT2D eigenvalue weighted by Crippen LogP contribution is 2.39. The molecule has 1 aromatic rings. The van der Waals surface area contributed by atoms with E-state index in [9.17, 15) is 4.79 Å². The molecule has 1 saturated carbocycles. The summed E-state index contributed by atoms with van der Waals surface area (Å²) in [4.78, 5) is 10.3. The minimum absolute atomic E-state index is 0.0697. The van der Waals surface area contributed by atoms with Crippen molar-refractivity contribution in [3.05, 3.63) is 17.5 Å². The Bertz CT molecular complexity index is 301. The fourth-order valence-electron chi connectivity index (χ4n) is 1.13. The van der Waals surface area contributed by atoms with Gasteiger partial charge in [0.2, 0.25) is 0 Å². The van der Waals surface area contributed by atoms with Crippen molar-refractivity contribution in [3.8, 4) is 0 Å². The second-order valence-corrected chi connectivity index (χ2v) is 3.06. The molecular weight excluding hydrogens is 158 g/mol. The number of carboxylic acid groups (broad SMARTS) is 1. The quantitative estimate of drug-likeness (QED) is 0.734. The molecule has 12 heavy (non-hydrogen) atoms. The first-order chi connectivity index (χ1) is 5.75. The first-order valence-electron chi connectivity index (χ1n) is 3.93. The highest BCUT2D eigenvalue weighted by Gasteiger charge is 2.27. The largest absolute Gasteiger partial charge is 0.481 e. The number of carboxylic acids is 1. The molecule has 1 aromatic heterocycles. The van der Waals surface area contributed by atoms with Crippen molar-refractivity contribution >= 4 is 5.97 Å². The van der Waals surface area contributed by atoms with Gasteiger partial charge < -0.3 is 9.63 Å². The molecule has 2 rings (SSSR count). The van der Waals surface area contributed by atoms with Crippen molar-refractivity contribution < 1.29 is 14.4 Å². The van der Waals surface area contributed by atoms with Crippen LogP contribution in [0.3, 0.4) is 0 Å². The van der Waals surface area contributed by atoms with Gasteiger partial charge in [0, 0.05) is 12.0 Å². The van der Waals surface area contributed by atoms with E-state index in [2.05, 4.69) is 5.16 Å². The molecule has 0 radical (unpaired) electrons. The lowest BCUT2D eigenvalue weighted by atomic mass is 10.2. The number of rotatable bonds is 3. The van der Waals surface area contributed by atoms with Gasteiger partial charge in [-0.15, -0.1) is 0 Å². The number of aliphatic carboxylic acids is 1. The molecule has 64 valence electrons. The van der Waals surface area contributed by atoms with E-state index < -0.39 is 5.97 Å². The van der Waals surface area contributed by atoms with Crippen LogP contribution < -0.4 is 0 Å². The Labute approximate surface area is 69.2 Å². The summed E-state index contributed by atoms with van der Waals surface area (Å²) in [5, 5.41) is 12.2. The maximum atomic E-state index is 10.3.